The van der Waals surface area contributed by atoms with Crippen LogP contribution >= 0.6 is 0 Å². The van der Waals surface area contributed by atoms with Crippen molar-refractivity contribution in [1.82, 2.24) is 0 Å². The van der Waals surface area contributed by atoms with Gasteiger partial charge in [0.05, 0.1) is 0 Å². The van der Waals surface area contributed by atoms with Crippen molar-refractivity contribution in [1.29, 1.82) is 0 Å². The molecule has 0 aromatic rings. The minimum absolute atomic E-state index is 0.0692. The van der Waals surface area contributed by atoms with Crippen LogP contribution in [0.1, 0.15) is 412 Å². The van der Waals surface area contributed by atoms with Crippen LogP contribution in [0.25, 0.3) is 0 Å². The van der Waals surface area contributed by atoms with Gasteiger partial charge in [-0.2, -0.15) is 0 Å². The molecule has 0 amide bonds. The summed E-state index contributed by atoms with van der Waals surface area (Å²) >= 11 is 0. The zero-order chi connectivity index (χ0) is 57.8. The summed E-state index contributed by atoms with van der Waals surface area (Å²) in [5, 5.41) is 0. The van der Waals surface area contributed by atoms with Crippen molar-refractivity contribution in [2.75, 3.05) is 13.2 Å². The second-order valence-electron chi connectivity index (χ2n) is 24.9. The normalized spacial score (nSPS) is 12.1. The fourth-order valence-electron chi connectivity index (χ4n) is 11.3. The first-order valence-corrected chi connectivity index (χ1v) is 36.3. The molecule has 0 fully saturated rings. The zero-order valence-electron chi connectivity index (χ0n) is 54.4. The van der Waals surface area contributed by atoms with Gasteiger partial charge in [0.25, 0.3) is 0 Å². The average Bonchev–Trinajstić information content (AvgIpc) is 3.46. The molecule has 0 N–H and O–H groups in total. The van der Waals surface area contributed by atoms with Crippen LogP contribution in [0.5, 0.6) is 0 Å². The highest BCUT2D eigenvalue weighted by molar-refractivity contribution is 5.71. The van der Waals surface area contributed by atoms with Gasteiger partial charge >= 0.3 is 17.9 Å². The van der Waals surface area contributed by atoms with Gasteiger partial charge in [0.1, 0.15) is 13.2 Å². The van der Waals surface area contributed by atoms with Crippen LogP contribution in [-0.4, -0.2) is 37.2 Å². The molecule has 0 saturated heterocycles. The SMILES string of the molecule is CCC/C=C\C/C=C\CCCCCCCC(=O)OCC(COC(=O)CCCCCCCCCCCCCCCCCCCCCCCCCCCC)OC(=O)CCCCCCCCCCCCCCCCCCCCCCCCC. The highest BCUT2D eigenvalue weighted by Gasteiger charge is 2.19. The Bertz CT molecular complexity index is 1290. The molecule has 0 heterocycles. The maximum atomic E-state index is 13.0. The lowest BCUT2D eigenvalue weighted by Gasteiger charge is -2.18. The predicted octanol–water partition coefficient (Wildman–Crippen LogP) is 25.0. The minimum Gasteiger partial charge on any atom is -0.462 e. The number of esters is 3. The Labute approximate surface area is 500 Å². The molecule has 0 aliphatic carbocycles. The lowest BCUT2D eigenvalue weighted by Crippen LogP contribution is -2.30. The predicted molar refractivity (Wildman–Crippen MR) is 349 cm³/mol. The summed E-state index contributed by atoms with van der Waals surface area (Å²) in [4.78, 5) is 38.4. The van der Waals surface area contributed by atoms with Crippen molar-refractivity contribution < 1.29 is 28.6 Å². The number of allylic oxidation sites excluding steroid dienone is 4. The lowest BCUT2D eigenvalue weighted by atomic mass is 10.0. The molecule has 0 aromatic carbocycles. The summed E-state index contributed by atoms with van der Waals surface area (Å²) in [6.45, 7) is 6.66. The van der Waals surface area contributed by atoms with E-state index in [0.29, 0.717) is 19.3 Å². The van der Waals surface area contributed by atoms with Crippen LogP contribution in [0.15, 0.2) is 24.3 Å². The number of unbranched alkanes of at least 4 members (excludes halogenated alkanes) is 53. The second kappa shape index (κ2) is 69.4. The second-order valence-corrected chi connectivity index (χ2v) is 24.9. The average molecular weight is 1130 g/mol. The van der Waals surface area contributed by atoms with Crippen molar-refractivity contribution in [2.45, 2.75) is 419 Å². The molecule has 0 aliphatic heterocycles. The van der Waals surface area contributed by atoms with Crippen LogP contribution in [0.3, 0.4) is 0 Å². The third kappa shape index (κ3) is 66.7. The Morgan fingerprint density at radius 2 is 0.475 bits per heavy atom. The fourth-order valence-corrected chi connectivity index (χ4v) is 11.3. The van der Waals surface area contributed by atoms with E-state index < -0.39 is 6.10 Å². The highest BCUT2D eigenvalue weighted by atomic mass is 16.6. The van der Waals surface area contributed by atoms with Crippen molar-refractivity contribution in [3.8, 4) is 0 Å². The van der Waals surface area contributed by atoms with Crippen molar-refractivity contribution in [2.24, 2.45) is 0 Å². The molecule has 0 spiro atoms. The first-order valence-electron chi connectivity index (χ1n) is 36.3. The van der Waals surface area contributed by atoms with Gasteiger partial charge in [-0.15, -0.1) is 0 Å². The highest BCUT2D eigenvalue weighted by Crippen LogP contribution is 2.19. The van der Waals surface area contributed by atoms with Crippen LogP contribution in [0.4, 0.5) is 0 Å². The van der Waals surface area contributed by atoms with Gasteiger partial charge in [-0.3, -0.25) is 14.4 Å². The van der Waals surface area contributed by atoms with Gasteiger partial charge in [0, 0.05) is 19.3 Å². The lowest BCUT2D eigenvalue weighted by molar-refractivity contribution is -0.167. The van der Waals surface area contributed by atoms with Gasteiger partial charge < -0.3 is 14.2 Å². The molecular weight excluding hydrogens is 985 g/mol. The number of hydrogen-bond acceptors (Lipinski definition) is 6. The van der Waals surface area contributed by atoms with E-state index in [1.165, 1.54) is 289 Å². The molecule has 1 unspecified atom stereocenters. The Kier molecular flexibility index (Phi) is 67.6. The van der Waals surface area contributed by atoms with E-state index >= 15 is 0 Å². The third-order valence-electron chi connectivity index (χ3n) is 16.7. The van der Waals surface area contributed by atoms with Crippen LogP contribution < -0.4 is 0 Å². The summed E-state index contributed by atoms with van der Waals surface area (Å²) in [5.74, 6) is -0.850. The topological polar surface area (TPSA) is 78.9 Å². The van der Waals surface area contributed by atoms with E-state index in [2.05, 4.69) is 45.1 Å². The molecular formula is C74H140O6. The number of ether oxygens (including phenoxy) is 3. The first-order chi connectivity index (χ1) is 39.5. The van der Waals surface area contributed by atoms with Gasteiger partial charge in [-0.1, -0.05) is 373 Å². The number of rotatable bonds is 68. The van der Waals surface area contributed by atoms with E-state index in [0.717, 1.165) is 83.5 Å². The molecule has 472 valence electrons. The van der Waals surface area contributed by atoms with E-state index in [9.17, 15) is 14.4 Å². The largest absolute Gasteiger partial charge is 0.462 e. The van der Waals surface area contributed by atoms with Crippen molar-refractivity contribution in [3.63, 3.8) is 0 Å². The minimum atomic E-state index is -0.774. The van der Waals surface area contributed by atoms with E-state index in [1.54, 1.807) is 0 Å². The Morgan fingerprint density at radius 1 is 0.250 bits per heavy atom. The number of carbonyl (C=O) groups excluding carboxylic acids is 3. The van der Waals surface area contributed by atoms with Crippen LogP contribution in [-0.2, 0) is 28.6 Å². The monoisotopic (exact) mass is 1130 g/mol. The summed E-state index contributed by atoms with van der Waals surface area (Å²) < 4.78 is 17.0. The van der Waals surface area contributed by atoms with Crippen molar-refractivity contribution in [3.05, 3.63) is 24.3 Å². The maximum absolute atomic E-state index is 13.0. The Balaban J connectivity index is 4.19. The fraction of sp³-hybridized carbons (Fsp3) is 0.905. The molecule has 0 saturated carbocycles. The van der Waals surface area contributed by atoms with Gasteiger partial charge in [-0.05, 0) is 44.9 Å². The standard InChI is InChI=1S/C74H140O6/c1-4-7-10-13-16-19-22-25-27-29-31-33-35-36-37-39-40-42-44-46-49-52-55-58-61-64-67-73(76)79-70-71(69-78-72(75)66-63-60-57-54-51-48-24-21-18-15-12-9-6-3)80-74(77)68-65-62-59-56-53-50-47-45-43-41-38-34-32-30-28-26-23-20-17-14-11-8-5-2/h12,15,21,24,71H,4-11,13-14,16-20,22-23,25-70H2,1-3H3/b15-12-,24-21-. The summed E-state index contributed by atoms with van der Waals surface area (Å²) in [6, 6.07) is 0. The van der Waals surface area contributed by atoms with E-state index in [4.69, 9.17) is 14.2 Å². The summed E-state index contributed by atoms with van der Waals surface area (Å²) in [7, 11) is 0. The Hall–Kier alpha value is -2.11. The van der Waals surface area contributed by atoms with Gasteiger partial charge in [-0.25, -0.2) is 0 Å². The van der Waals surface area contributed by atoms with E-state index in [1.807, 2.05) is 0 Å². The smallest absolute Gasteiger partial charge is 0.306 e. The number of carbonyl (C=O) groups is 3. The van der Waals surface area contributed by atoms with Gasteiger partial charge in [0.2, 0.25) is 0 Å². The van der Waals surface area contributed by atoms with Crippen LogP contribution in [0.2, 0.25) is 0 Å². The molecule has 80 heavy (non-hydrogen) atoms. The summed E-state index contributed by atoms with van der Waals surface area (Å²) in [5.41, 5.74) is 0. The molecule has 1 atom stereocenters. The summed E-state index contributed by atoms with van der Waals surface area (Å²) in [6.07, 6.45) is 85.1. The van der Waals surface area contributed by atoms with Crippen LogP contribution in [0, 0.1) is 0 Å². The molecule has 0 bridgehead atoms. The number of hydrogen-bond donors (Lipinski definition) is 0. The first kappa shape index (κ1) is 77.9. The van der Waals surface area contributed by atoms with Gasteiger partial charge in [0.15, 0.2) is 6.10 Å². The molecule has 0 radical (unpaired) electrons. The molecule has 0 aliphatic rings. The van der Waals surface area contributed by atoms with E-state index in [-0.39, 0.29) is 31.1 Å². The molecule has 6 nitrogen and oxygen atoms in total. The molecule has 0 aromatic heterocycles. The third-order valence-corrected chi connectivity index (χ3v) is 16.7. The Morgan fingerprint density at radius 3 is 0.738 bits per heavy atom. The quantitative estimate of drug-likeness (QED) is 0.0261. The molecule has 0 rings (SSSR count). The van der Waals surface area contributed by atoms with Crippen molar-refractivity contribution >= 4 is 17.9 Å². The zero-order valence-corrected chi connectivity index (χ0v) is 54.4. The molecule has 6 heteroatoms. The maximum Gasteiger partial charge on any atom is 0.306 e.